The third-order valence-electron chi connectivity index (χ3n) is 4.67. The number of hydrogen-bond donors (Lipinski definition) is 1. The molecule has 0 unspecified atom stereocenters. The average molecular weight is 375 g/mol. The molecule has 1 saturated heterocycles. The summed E-state index contributed by atoms with van der Waals surface area (Å²) in [4.78, 5) is 27.5. The third kappa shape index (κ3) is 5.91. The van der Waals surface area contributed by atoms with Crippen molar-refractivity contribution in [3.8, 4) is 11.5 Å². The Morgan fingerprint density at radius 3 is 2.44 bits per heavy atom. The van der Waals surface area contributed by atoms with Gasteiger partial charge in [0.1, 0.15) is 0 Å². The van der Waals surface area contributed by atoms with Crippen molar-refractivity contribution < 1.29 is 19.1 Å². The number of nitrogens with zero attached hydrogens (tertiary/aromatic N) is 2. The van der Waals surface area contributed by atoms with Crippen LogP contribution in [0, 0.1) is 5.92 Å². The fourth-order valence-electron chi connectivity index (χ4n) is 3.04. The van der Waals surface area contributed by atoms with E-state index in [0.717, 1.165) is 31.5 Å². The number of ether oxygens (including phenoxy) is 2. The SMILES string of the molecule is COc1ccc(C=CC(=O)NCC2CCN(C(=O)N(C)C)CC2)cc1OC. The number of urea groups is 1. The van der Waals surface area contributed by atoms with E-state index in [2.05, 4.69) is 5.32 Å². The van der Waals surface area contributed by atoms with E-state index in [1.54, 1.807) is 45.4 Å². The molecule has 0 atom stereocenters. The molecule has 0 bridgehead atoms. The first-order valence-electron chi connectivity index (χ1n) is 9.08. The molecule has 1 aliphatic heterocycles. The summed E-state index contributed by atoms with van der Waals surface area (Å²) in [5, 5.41) is 2.95. The molecule has 3 amide bonds. The Hall–Kier alpha value is -2.70. The first-order valence-corrected chi connectivity index (χ1v) is 9.08. The summed E-state index contributed by atoms with van der Waals surface area (Å²) >= 11 is 0. The molecule has 0 aliphatic carbocycles. The molecule has 2 rings (SSSR count). The normalized spacial score (nSPS) is 14.9. The molecule has 27 heavy (non-hydrogen) atoms. The van der Waals surface area contributed by atoms with Crippen LogP contribution in [0.15, 0.2) is 24.3 Å². The maximum absolute atomic E-state index is 12.1. The highest BCUT2D eigenvalue weighted by Gasteiger charge is 2.23. The fraction of sp³-hybridized carbons (Fsp3) is 0.500. The minimum Gasteiger partial charge on any atom is -0.493 e. The Labute approximate surface area is 160 Å². The maximum Gasteiger partial charge on any atom is 0.319 e. The van der Waals surface area contributed by atoms with E-state index in [4.69, 9.17) is 9.47 Å². The van der Waals surface area contributed by atoms with Gasteiger partial charge in [0.05, 0.1) is 14.2 Å². The van der Waals surface area contributed by atoms with Crippen LogP contribution in [-0.4, -0.2) is 69.7 Å². The summed E-state index contributed by atoms with van der Waals surface area (Å²) in [6, 6.07) is 5.54. The van der Waals surface area contributed by atoms with Crippen LogP contribution in [0.2, 0.25) is 0 Å². The van der Waals surface area contributed by atoms with Gasteiger partial charge in [0.15, 0.2) is 11.5 Å². The number of nitrogens with one attached hydrogen (secondary N) is 1. The van der Waals surface area contributed by atoms with Crippen LogP contribution >= 0.6 is 0 Å². The number of likely N-dealkylation sites (tertiary alicyclic amines) is 1. The summed E-state index contributed by atoms with van der Waals surface area (Å²) in [5.74, 6) is 1.54. The van der Waals surface area contributed by atoms with Crippen molar-refractivity contribution in [1.82, 2.24) is 15.1 Å². The Bertz CT molecular complexity index is 680. The Morgan fingerprint density at radius 2 is 1.85 bits per heavy atom. The van der Waals surface area contributed by atoms with Crippen molar-refractivity contribution in [3.05, 3.63) is 29.8 Å². The zero-order chi connectivity index (χ0) is 19.8. The average Bonchev–Trinajstić information content (AvgIpc) is 2.70. The summed E-state index contributed by atoms with van der Waals surface area (Å²) in [5.41, 5.74) is 0.860. The summed E-state index contributed by atoms with van der Waals surface area (Å²) in [6.07, 6.45) is 5.07. The molecule has 0 spiro atoms. The first kappa shape index (κ1) is 20.6. The number of benzene rings is 1. The van der Waals surface area contributed by atoms with Crippen LogP contribution in [0.4, 0.5) is 4.79 Å². The van der Waals surface area contributed by atoms with Gasteiger partial charge in [-0.3, -0.25) is 4.79 Å². The Morgan fingerprint density at radius 1 is 1.19 bits per heavy atom. The second-order valence-corrected chi connectivity index (χ2v) is 6.80. The van der Waals surface area contributed by atoms with Gasteiger partial charge in [-0.15, -0.1) is 0 Å². The minimum absolute atomic E-state index is 0.0512. The molecule has 1 aliphatic rings. The van der Waals surface area contributed by atoms with Crippen molar-refractivity contribution in [3.63, 3.8) is 0 Å². The Balaban J connectivity index is 1.78. The lowest BCUT2D eigenvalue weighted by Crippen LogP contribution is -2.45. The molecule has 1 aromatic rings. The van der Waals surface area contributed by atoms with Gasteiger partial charge in [0, 0.05) is 39.8 Å². The van der Waals surface area contributed by atoms with Crippen molar-refractivity contribution in [1.29, 1.82) is 0 Å². The van der Waals surface area contributed by atoms with Gasteiger partial charge in [0.2, 0.25) is 5.91 Å². The third-order valence-corrected chi connectivity index (χ3v) is 4.67. The van der Waals surface area contributed by atoms with Gasteiger partial charge in [-0.2, -0.15) is 0 Å². The topological polar surface area (TPSA) is 71.1 Å². The second kappa shape index (κ2) is 9.85. The molecule has 0 aromatic heterocycles. The lowest BCUT2D eigenvalue weighted by Gasteiger charge is -2.33. The minimum atomic E-state index is -0.128. The van der Waals surface area contributed by atoms with Crippen LogP contribution < -0.4 is 14.8 Å². The van der Waals surface area contributed by atoms with Crippen LogP contribution in [-0.2, 0) is 4.79 Å². The standard InChI is InChI=1S/C20H29N3O4/c1-22(2)20(25)23-11-9-16(10-12-23)14-21-19(24)8-6-15-5-7-17(26-3)18(13-15)27-4/h5-8,13,16H,9-12,14H2,1-4H3,(H,21,24). The predicted octanol–water partition coefficient (Wildman–Crippen LogP) is 2.23. The monoisotopic (exact) mass is 375 g/mol. The molecule has 0 radical (unpaired) electrons. The largest absolute Gasteiger partial charge is 0.493 e. The lowest BCUT2D eigenvalue weighted by molar-refractivity contribution is -0.116. The van der Waals surface area contributed by atoms with Crippen LogP contribution in [0.1, 0.15) is 18.4 Å². The van der Waals surface area contributed by atoms with Crippen molar-refractivity contribution in [2.24, 2.45) is 5.92 Å². The van der Waals surface area contributed by atoms with Crippen LogP contribution in [0.5, 0.6) is 11.5 Å². The highest BCUT2D eigenvalue weighted by Crippen LogP contribution is 2.27. The number of hydrogen-bond acceptors (Lipinski definition) is 4. The zero-order valence-electron chi connectivity index (χ0n) is 16.5. The van der Waals surface area contributed by atoms with Gasteiger partial charge < -0.3 is 24.6 Å². The van der Waals surface area contributed by atoms with Crippen molar-refractivity contribution in [2.45, 2.75) is 12.8 Å². The van der Waals surface area contributed by atoms with Gasteiger partial charge in [-0.05, 0) is 42.5 Å². The number of methoxy groups -OCH3 is 2. The maximum atomic E-state index is 12.1. The van der Waals surface area contributed by atoms with Crippen molar-refractivity contribution in [2.75, 3.05) is 47.9 Å². The fourth-order valence-corrected chi connectivity index (χ4v) is 3.04. The number of rotatable bonds is 6. The van der Waals surface area contributed by atoms with E-state index in [1.807, 2.05) is 17.0 Å². The summed E-state index contributed by atoms with van der Waals surface area (Å²) in [6.45, 7) is 2.09. The van der Waals surface area contributed by atoms with E-state index in [1.165, 1.54) is 6.08 Å². The zero-order valence-corrected chi connectivity index (χ0v) is 16.5. The van der Waals surface area contributed by atoms with Crippen molar-refractivity contribution >= 4 is 18.0 Å². The van der Waals surface area contributed by atoms with E-state index in [9.17, 15) is 9.59 Å². The highest BCUT2D eigenvalue weighted by atomic mass is 16.5. The molecular weight excluding hydrogens is 346 g/mol. The van der Waals surface area contributed by atoms with Gasteiger partial charge in [0.25, 0.3) is 0 Å². The molecule has 1 heterocycles. The Kier molecular flexibility index (Phi) is 7.52. The number of carbonyl (C=O) groups is 2. The number of piperidine rings is 1. The van der Waals surface area contributed by atoms with Crippen LogP contribution in [0.3, 0.4) is 0 Å². The molecule has 7 nitrogen and oxygen atoms in total. The lowest BCUT2D eigenvalue weighted by atomic mass is 9.97. The number of carbonyl (C=O) groups excluding carboxylic acids is 2. The number of amides is 3. The van der Waals surface area contributed by atoms with Crippen LogP contribution in [0.25, 0.3) is 6.08 Å². The van der Waals surface area contributed by atoms with E-state index >= 15 is 0 Å². The van der Waals surface area contributed by atoms with Gasteiger partial charge >= 0.3 is 6.03 Å². The first-order chi connectivity index (χ1) is 12.9. The molecule has 148 valence electrons. The molecule has 7 heteroatoms. The quantitative estimate of drug-likeness (QED) is 0.774. The summed E-state index contributed by atoms with van der Waals surface area (Å²) < 4.78 is 10.5. The molecule has 0 saturated carbocycles. The molecule has 1 aromatic carbocycles. The smallest absolute Gasteiger partial charge is 0.319 e. The van der Waals surface area contributed by atoms with E-state index < -0.39 is 0 Å². The molecule has 1 fully saturated rings. The van der Waals surface area contributed by atoms with E-state index in [0.29, 0.717) is 24.0 Å². The molecule has 1 N–H and O–H groups in total. The van der Waals surface area contributed by atoms with Gasteiger partial charge in [-0.1, -0.05) is 6.07 Å². The highest BCUT2D eigenvalue weighted by molar-refractivity contribution is 5.91. The van der Waals surface area contributed by atoms with Gasteiger partial charge in [-0.25, -0.2) is 4.79 Å². The summed E-state index contributed by atoms with van der Waals surface area (Å²) in [7, 11) is 6.69. The second-order valence-electron chi connectivity index (χ2n) is 6.80. The van der Waals surface area contributed by atoms with E-state index in [-0.39, 0.29) is 11.9 Å². The molecular formula is C20H29N3O4. The predicted molar refractivity (Wildman–Crippen MR) is 105 cm³/mol.